The van der Waals surface area contributed by atoms with E-state index in [2.05, 4.69) is 19.9 Å². The number of hydrogen-bond acceptors (Lipinski definition) is 1. The third-order valence-electron chi connectivity index (χ3n) is 2.84. The maximum Gasteiger partial charge on any atom is 0.303 e. The molecule has 0 heterocycles. The smallest absolute Gasteiger partial charge is 0.303 e. The van der Waals surface area contributed by atoms with E-state index >= 15 is 0 Å². The number of unbranched alkanes of at least 4 members (excludes halogenated alkanes) is 5. The SMILES string of the molecule is CC(C)CCCCCCC/C=C\CCC(=O)O. The van der Waals surface area contributed by atoms with Gasteiger partial charge in [0.2, 0.25) is 0 Å². The normalized spacial score (nSPS) is 11.5. The van der Waals surface area contributed by atoms with Crippen LogP contribution in [0, 0.1) is 5.92 Å². The van der Waals surface area contributed by atoms with Crippen molar-refractivity contribution >= 4 is 5.97 Å². The third-order valence-corrected chi connectivity index (χ3v) is 2.84. The van der Waals surface area contributed by atoms with Crippen LogP contribution in [0.15, 0.2) is 12.2 Å². The fraction of sp³-hybridized carbons (Fsp3) is 0.800. The van der Waals surface area contributed by atoms with Crippen molar-refractivity contribution < 1.29 is 9.90 Å². The lowest BCUT2D eigenvalue weighted by Gasteiger charge is -2.03. The van der Waals surface area contributed by atoms with Gasteiger partial charge in [-0.1, -0.05) is 58.1 Å². The molecule has 0 aliphatic heterocycles. The summed E-state index contributed by atoms with van der Waals surface area (Å²) < 4.78 is 0. The Kier molecular flexibility index (Phi) is 11.1. The summed E-state index contributed by atoms with van der Waals surface area (Å²) in [4.78, 5) is 10.2. The molecule has 2 nitrogen and oxygen atoms in total. The summed E-state index contributed by atoms with van der Waals surface area (Å²) in [6.07, 6.45) is 14.1. The number of hydrogen-bond donors (Lipinski definition) is 1. The van der Waals surface area contributed by atoms with E-state index in [0.717, 1.165) is 12.3 Å². The van der Waals surface area contributed by atoms with Crippen LogP contribution in [-0.4, -0.2) is 11.1 Å². The highest BCUT2D eigenvalue weighted by Crippen LogP contribution is 2.11. The third kappa shape index (κ3) is 15.2. The topological polar surface area (TPSA) is 37.3 Å². The molecule has 0 aliphatic rings. The summed E-state index contributed by atoms with van der Waals surface area (Å²) in [6.45, 7) is 4.56. The molecule has 0 aromatic rings. The highest BCUT2D eigenvalue weighted by molar-refractivity contribution is 5.66. The first-order valence-electron chi connectivity index (χ1n) is 6.99. The van der Waals surface area contributed by atoms with E-state index in [0.29, 0.717) is 6.42 Å². The maximum atomic E-state index is 10.2. The van der Waals surface area contributed by atoms with Gasteiger partial charge in [0, 0.05) is 6.42 Å². The van der Waals surface area contributed by atoms with Crippen molar-refractivity contribution in [1.29, 1.82) is 0 Å². The standard InChI is InChI=1S/C15H28O2/c1-14(2)12-10-8-6-4-3-5-7-9-11-13-15(16)17/h7,9,14H,3-6,8,10-13H2,1-2H3,(H,16,17)/b9-7-. The molecule has 0 aromatic heterocycles. The number of aliphatic carboxylic acids is 1. The van der Waals surface area contributed by atoms with E-state index in [1.54, 1.807) is 0 Å². The summed E-state index contributed by atoms with van der Waals surface area (Å²) >= 11 is 0. The van der Waals surface area contributed by atoms with E-state index < -0.39 is 5.97 Å². The zero-order valence-electron chi connectivity index (χ0n) is 11.5. The minimum Gasteiger partial charge on any atom is -0.481 e. The number of carboxylic acid groups (broad SMARTS) is 1. The molecule has 0 rings (SSSR count). The molecule has 0 aliphatic carbocycles. The first kappa shape index (κ1) is 16.2. The fourth-order valence-corrected chi connectivity index (χ4v) is 1.79. The van der Waals surface area contributed by atoms with Crippen LogP contribution in [0.1, 0.15) is 71.6 Å². The Bertz CT molecular complexity index is 207. The van der Waals surface area contributed by atoms with Crippen LogP contribution in [0.3, 0.4) is 0 Å². The van der Waals surface area contributed by atoms with Crippen LogP contribution in [0.25, 0.3) is 0 Å². The van der Waals surface area contributed by atoms with Gasteiger partial charge >= 0.3 is 5.97 Å². The van der Waals surface area contributed by atoms with E-state index in [-0.39, 0.29) is 6.42 Å². The Balaban J connectivity index is 3.10. The van der Waals surface area contributed by atoms with Crippen LogP contribution in [0.5, 0.6) is 0 Å². The highest BCUT2D eigenvalue weighted by atomic mass is 16.4. The van der Waals surface area contributed by atoms with Gasteiger partial charge in [-0.05, 0) is 25.2 Å². The van der Waals surface area contributed by atoms with Gasteiger partial charge in [0.25, 0.3) is 0 Å². The second-order valence-corrected chi connectivity index (χ2v) is 5.14. The van der Waals surface area contributed by atoms with E-state index in [1.165, 1.54) is 38.5 Å². The van der Waals surface area contributed by atoms with Crippen molar-refractivity contribution in [2.75, 3.05) is 0 Å². The predicted molar refractivity (Wildman–Crippen MR) is 73.2 cm³/mol. The molecule has 100 valence electrons. The first-order chi connectivity index (χ1) is 8.13. The second kappa shape index (κ2) is 11.7. The predicted octanol–water partition coefficient (Wildman–Crippen LogP) is 4.79. The molecular weight excluding hydrogens is 212 g/mol. The Labute approximate surface area is 106 Å². The van der Waals surface area contributed by atoms with E-state index in [4.69, 9.17) is 5.11 Å². The van der Waals surface area contributed by atoms with Gasteiger partial charge in [0.1, 0.15) is 0 Å². The molecule has 17 heavy (non-hydrogen) atoms. The van der Waals surface area contributed by atoms with Crippen molar-refractivity contribution in [3.63, 3.8) is 0 Å². The highest BCUT2D eigenvalue weighted by Gasteiger charge is 1.94. The van der Waals surface area contributed by atoms with Crippen LogP contribution in [0.2, 0.25) is 0 Å². The van der Waals surface area contributed by atoms with Crippen molar-refractivity contribution in [1.82, 2.24) is 0 Å². The van der Waals surface area contributed by atoms with Gasteiger partial charge in [-0.25, -0.2) is 0 Å². The zero-order chi connectivity index (χ0) is 12.9. The first-order valence-corrected chi connectivity index (χ1v) is 6.99. The zero-order valence-corrected chi connectivity index (χ0v) is 11.5. The molecular formula is C15H28O2. The Morgan fingerprint density at radius 2 is 1.59 bits per heavy atom. The molecule has 0 saturated carbocycles. The monoisotopic (exact) mass is 240 g/mol. The summed E-state index contributed by atoms with van der Waals surface area (Å²) in [5, 5.41) is 8.44. The molecule has 0 saturated heterocycles. The number of carboxylic acids is 1. The molecule has 0 spiro atoms. The number of carbonyl (C=O) groups is 1. The van der Waals surface area contributed by atoms with E-state index in [1.807, 2.05) is 6.08 Å². The quantitative estimate of drug-likeness (QED) is 0.416. The van der Waals surface area contributed by atoms with Gasteiger partial charge in [-0.3, -0.25) is 4.79 Å². The Morgan fingerprint density at radius 1 is 1.00 bits per heavy atom. The molecule has 0 fully saturated rings. The van der Waals surface area contributed by atoms with Crippen LogP contribution in [0.4, 0.5) is 0 Å². The molecule has 2 heteroatoms. The lowest BCUT2D eigenvalue weighted by atomic mass is 10.0. The van der Waals surface area contributed by atoms with Crippen LogP contribution >= 0.6 is 0 Å². The van der Waals surface area contributed by atoms with Gasteiger partial charge in [0.15, 0.2) is 0 Å². The maximum absolute atomic E-state index is 10.2. The van der Waals surface area contributed by atoms with Gasteiger partial charge in [0.05, 0.1) is 0 Å². The lowest BCUT2D eigenvalue weighted by molar-refractivity contribution is -0.136. The van der Waals surface area contributed by atoms with Gasteiger partial charge in [-0.2, -0.15) is 0 Å². The summed E-state index contributed by atoms with van der Waals surface area (Å²) in [5.41, 5.74) is 0. The average Bonchev–Trinajstić information content (AvgIpc) is 2.25. The lowest BCUT2D eigenvalue weighted by Crippen LogP contribution is -1.91. The number of allylic oxidation sites excluding steroid dienone is 2. The van der Waals surface area contributed by atoms with Crippen LogP contribution < -0.4 is 0 Å². The average molecular weight is 240 g/mol. The molecule has 0 atom stereocenters. The summed E-state index contributed by atoms with van der Waals surface area (Å²) in [6, 6.07) is 0. The summed E-state index contributed by atoms with van der Waals surface area (Å²) in [7, 11) is 0. The van der Waals surface area contributed by atoms with Crippen molar-refractivity contribution in [2.45, 2.75) is 71.6 Å². The van der Waals surface area contributed by atoms with Crippen LogP contribution in [-0.2, 0) is 4.79 Å². The van der Waals surface area contributed by atoms with Crippen molar-refractivity contribution in [3.8, 4) is 0 Å². The minimum absolute atomic E-state index is 0.256. The largest absolute Gasteiger partial charge is 0.481 e. The Morgan fingerprint density at radius 3 is 2.24 bits per heavy atom. The molecule has 0 amide bonds. The van der Waals surface area contributed by atoms with Crippen molar-refractivity contribution in [2.24, 2.45) is 5.92 Å². The van der Waals surface area contributed by atoms with Gasteiger partial charge < -0.3 is 5.11 Å². The van der Waals surface area contributed by atoms with Gasteiger partial charge in [-0.15, -0.1) is 0 Å². The fourth-order valence-electron chi connectivity index (χ4n) is 1.79. The molecule has 0 radical (unpaired) electrons. The second-order valence-electron chi connectivity index (χ2n) is 5.14. The molecule has 0 bridgehead atoms. The van der Waals surface area contributed by atoms with E-state index in [9.17, 15) is 4.79 Å². The molecule has 0 aromatic carbocycles. The number of rotatable bonds is 11. The minimum atomic E-state index is -0.709. The summed E-state index contributed by atoms with van der Waals surface area (Å²) in [5.74, 6) is 0.131. The molecule has 0 unspecified atom stereocenters. The molecule has 1 N–H and O–H groups in total. The van der Waals surface area contributed by atoms with Crippen molar-refractivity contribution in [3.05, 3.63) is 12.2 Å². The Hall–Kier alpha value is -0.790.